The van der Waals surface area contributed by atoms with E-state index in [9.17, 15) is 13.6 Å². The third-order valence-corrected chi connectivity index (χ3v) is 6.35. The highest BCUT2D eigenvalue weighted by molar-refractivity contribution is 5.79. The van der Waals surface area contributed by atoms with Gasteiger partial charge in [0, 0.05) is 19.3 Å². The van der Waals surface area contributed by atoms with Crippen LogP contribution in [0.25, 0.3) is 0 Å². The van der Waals surface area contributed by atoms with Crippen molar-refractivity contribution < 1.29 is 18.3 Å². The van der Waals surface area contributed by atoms with Gasteiger partial charge in [0.15, 0.2) is 11.6 Å². The first kappa shape index (κ1) is 18.9. The number of aromatic nitrogens is 1. The highest BCUT2D eigenvalue weighted by Gasteiger charge is 2.49. The van der Waals surface area contributed by atoms with E-state index in [4.69, 9.17) is 10.00 Å². The third-order valence-electron chi connectivity index (χ3n) is 6.35. The van der Waals surface area contributed by atoms with Crippen LogP contribution in [0.1, 0.15) is 30.4 Å². The van der Waals surface area contributed by atoms with Crippen LogP contribution in [0.5, 0.6) is 0 Å². The van der Waals surface area contributed by atoms with Gasteiger partial charge in [-0.05, 0) is 49.1 Å². The Morgan fingerprint density at radius 2 is 2.03 bits per heavy atom. The number of halogens is 2. The molecule has 30 heavy (non-hydrogen) atoms. The van der Waals surface area contributed by atoms with E-state index < -0.39 is 17.2 Å². The maximum absolute atomic E-state index is 13.6. The molecule has 1 amide bonds. The van der Waals surface area contributed by atoms with Crippen LogP contribution in [0.15, 0.2) is 36.5 Å². The average Bonchev–Trinajstić information content (AvgIpc) is 3.28. The van der Waals surface area contributed by atoms with Crippen LogP contribution in [0.3, 0.4) is 0 Å². The molecule has 0 N–H and O–H groups in total. The summed E-state index contributed by atoms with van der Waals surface area (Å²) in [7, 11) is 0. The number of amides is 1. The standard InChI is InChI=1S/C22H20F2N4O2/c23-18-3-2-15(7-19(18)24)22(5-6-22)30-13-21(29)28-12-16-8-17(28)11-27(16)20-4-1-14(9-25)10-26-20/h1-4,7,10,16-17H,5-6,8,11-13H2/t16-,17-/m0/s1. The molecule has 8 heteroatoms. The molecular weight excluding hydrogens is 390 g/mol. The highest BCUT2D eigenvalue weighted by atomic mass is 19.2. The van der Waals surface area contributed by atoms with Gasteiger partial charge in [0.05, 0.1) is 23.2 Å². The molecule has 5 rings (SSSR count). The minimum Gasteiger partial charge on any atom is -0.360 e. The van der Waals surface area contributed by atoms with Crippen LogP contribution >= 0.6 is 0 Å². The Labute approximate surface area is 172 Å². The van der Waals surface area contributed by atoms with Crippen molar-refractivity contribution in [2.45, 2.75) is 36.9 Å². The van der Waals surface area contributed by atoms with Gasteiger partial charge >= 0.3 is 0 Å². The highest BCUT2D eigenvalue weighted by Crippen LogP contribution is 2.49. The summed E-state index contributed by atoms with van der Waals surface area (Å²) in [4.78, 5) is 21.2. The number of nitriles is 1. The van der Waals surface area contributed by atoms with E-state index in [1.54, 1.807) is 12.3 Å². The first-order valence-electron chi connectivity index (χ1n) is 10.0. The molecule has 3 heterocycles. The molecule has 0 unspecified atom stereocenters. The van der Waals surface area contributed by atoms with E-state index in [0.717, 1.165) is 24.4 Å². The zero-order chi connectivity index (χ0) is 20.9. The molecule has 2 bridgehead atoms. The first-order chi connectivity index (χ1) is 14.5. The molecule has 2 atom stereocenters. The molecule has 1 aromatic heterocycles. The van der Waals surface area contributed by atoms with Gasteiger partial charge in [-0.2, -0.15) is 5.26 Å². The fourth-order valence-corrected chi connectivity index (χ4v) is 4.57. The average molecular weight is 410 g/mol. The Kier molecular flexibility index (Phi) is 4.44. The van der Waals surface area contributed by atoms with Crippen molar-refractivity contribution in [2.24, 2.45) is 0 Å². The van der Waals surface area contributed by atoms with E-state index in [1.165, 1.54) is 6.07 Å². The summed E-state index contributed by atoms with van der Waals surface area (Å²) in [6, 6.07) is 9.73. The third kappa shape index (κ3) is 3.19. The van der Waals surface area contributed by atoms with Crippen LogP contribution in [-0.4, -0.2) is 47.6 Å². The fraction of sp³-hybridized carbons (Fsp3) is 0.409. The number of anilines is 1. The summed E-state index contributed by atoms with van der Waals surface area (Å²) in [5.41, 5.74) is 0.420. The van der Waals surface area contributed by atoms with Gasteiger partial charge in [0.25, 0.3) is 0 Å². The molecule has 0 spiro atoms. The number of ether oxygens (including phenoxy) is 1. The maximum atomic E-state index is 13.6. The lowest BCUT2D eigenvalue weighted by Crippen LogP contribution is -2.50. The lowest BCUT2D eigenvalue weighted by Gasteiger charge is -2.35. The normalized spacial score (nSPS) is 23.5. The van der Waals surface area contributed by atoms with E-state index in [2.05, 4.69) is 16.0 Å². The van der Waals surface area contributed by atoms with E-state index in [1.807, 2.05) is 11.0 Å². The largest absolute Gasteiger partial charge is 0.360 e. The summed E-state index contributed by atoms with van der Waals surface area (Å²) >= 11 is 0. The van der Waals surface area contributed by atoms with Crippen molar-refractivity contribution in [2.75, 3.05) is 24.6 Å². The summed E-state index contributed by atoms with van der Waals surface area (Å²) in [5.74, 6) is -1.05. The molecule has 2 saturated heterocycles. The number of nitrogens with zero attached hydrogens (tertiary/aromatic N) is 4. The van der Waals surface area contributed by atoms with Gasteiger partial charge in [-0.15, -0.1) is 0 Å². The van der Waals surface area contributed by atoms with Crippen molar-refractivity contribution in [3.63, 3.8) is 0 Å². The molecule has 1 aromatic carbocycles. The molecule has 6 nitrogen and oxygen atoms in total. The van der Waals surface area contributed by atoms with Crippen LogP contribution in [-0.2, 0) is 15.1 Å². The zero-order valence-corrected chi connectivity index (χ0v) is 16.2. The van der Waals surface area contributed by atoms with Crippen LogP contribution in [0.2, 0.25) is 0 Å². The fourth-order valence-electron chi connectivity index (χ4n) is 4.57. The first-order valence-corrected chi connectivity index (χ1v) is 10.0. The Bertz CT molecular complexity index is 1030. The summed E-state index contributed by atoms with van der Waals surface area (Å²) in [6.07, 6.45) is 3.82. The monoisotopic (exact) mass is 410 g/mol. The van der Waals surface area contributed by atoms with Gasteiger partial charge in [-0.1, -0.05) is 6.07 Å². The van der Waals surface area contributed by atoms with Crippen molar-refractivity contribution >= 4 is 11.7 Å². The maximum Gasteiger partial charge on any atom is 0.248 e. The topological polar surface area (TPSA) is 69.5 Å². The molecule has 3 fully saturated rings. The summed E-state index contributed by atoms with van der Waals surface area (Å²) < 4.78 is 32.7. The number of hydrogen-bond donors (Lipinski definition) is 0. The van der Waals surface area contributed by atoms with Crippen molar-refractivity contribution in [1.29, 1.82) is 5.26 Å². The SMILES string of the molecule is N#Cc1ccc(N2C[C@@H]3C[C@H]2CN3C(=O)COC2(c3ccc(F)c(F)c3)CC2)nc1. The lowest BCUT2D eigenvalue weighted by atomic mass is 10.1. The quantitative estimate of drug-likeness (QED) is 0.758. The molecule has 2 aromatic rings. The van der Waals surface area contributed by atoms with Crippen LogP contribution in [0, 0.1) is 23.0 Å². The van der Waals surface area contributed by atoms with Gasteiger partial charge in [-0.3, -0.25) is 4.79 Å². The predicted octanol–water partition coefficient (Wildman–Crippen LogP) is 2.73. The number of piperazine rings is 1. The number of likely N-dealkylation sites (tertiary alicyclic amines) is 1. The van der Waals surface area contributed by atoms with Gasteiger partial charge in [-0.25, -0.2) is 13.8 Å². The predicted molar refractivity (Wildman–Crippen MR) is 103 cm³/mol. The molecular formula is C22H20F2N4O2. The second-order valence-corrected chi connectivity index (χ2v) is 8.17. The second-order valence-electron chi connectivity index (χ2n) is 8.17. The van der Waals surface area contributed by atoms with Crippen molar-refractivity contribution in [3.05, 3.63) is 59.3 Å². The Morgan fingerprint density at radius 1 is 1.20 bits per heavy atom. The van der Waals surface area contributed by atoms with Crippen molar-refractivity contribution in [1.82, 2.24) is 9.88 Å². The lowest BCUT2D eigenvalue weighted by molar-refractivity contribution is -0.140. The number of carbonyl (C=O) groups excluding carboxylic acids is 1. The molecule has 154 valence electrons. The van der Waals surface area contributed by atoms with E-state index in [-0.39, 0.29) is 24.6 Å². The van der Waals surface area contributed by atoms with Crippen molar-refractivity contribution in [3.8, 4) is 6.07 Å². The number of rotatable bonds is 5. The molecule has 3 aliphatic rings. The molecule has 1 aliphatic carbocycles. The van der Waals surface area contributed by atoms with E-state index in [0.29, 0.717) is 37.1 Å². The number of hydrogen-bond acceptors (Lipinski definition) is 5. The number of carbonyl (C=O) groups is 1. The molecule has 2 aliphatic heterocycles. The number of fused-ring (bicyclic) bond motifs is 2. The minimum atomic E-state index is -0.901. The second kappa shape index (κ2) is 7.03. The van der Waals surface area contributed by atoms with Gasteiger partial charge in [0.1, 0.15) is 18.5 Å². The zero-order valence-electron chi connectivity index (χ0n) is 16.2. The molecule has 0 radical (unpaired) electrons. The summed E-state index contributed by atoms with van der Waals surface area (Å²) in [5, 5.41) is 8.91. The number of pyridine rings is 1. The van der Waals surface area contributed by atoms with Gasteiger partial charge < -0.3 is 14.5 Å². The minimum absolute atomic E-state index is 0.0721. The molecule has 1 saturated carbocycles. The van der Waals surface area contributed by atoms with Crippen LogP contribution in [0.4, 0.5) is 14.6 Å². The Morgan fingerprint density at radius 3 is 2.63 bits per heavy atom. The Hall–Kier alpha value is -3.05. The summed E-state index contributed by atoms with van der Waals surface area (Å²) in [6.45, 7) is 1.23. The smallest absolute Gasteiger partial charge is 0.248 e. The Balaban J connectivity index is 1.20. The number of benzene rings is 1. The van der Waals surface area contributed by atoms with Crippen LogP contribution < -0.4 is 4.90 Å². The van der Waals surface area contributed by atoms with E-state index >= 15 is 0 Å². The van der Waals surface area contributed by atoms with Gasteiger partial charge in [0.2, 0.25) is 5.91 Å².